The maximum absolute atomic E-state index is 12.5. The number of amides is 1. The Bertz CT molecular complexity index is 1110. The Labute approximate surface area is 165 Å². The SMILES string of the molecule is Nc1ncccc1NCc1cccc(NC(=O)c2cnc(-n3ccnn3)cn2)c1. The molecule has 0 aliphatic heterocycles. The van der Waals surface area contributed by atoms with E-state index in [0.717, 1.165) is 11.3 Å². The summed E-state index contributed by atoms with van der Waals surface area (Å²) in [5.74, 6) is 0.552. The molecule has 4 rings (SSSR count). The molecule has 0 aliphatic carbocycles. The first-order valence-corrected chi connectivity index (χ1v) is 8.72. The van der Waals surface area contributed by atoms with Crippen LogP contribution in [0.5, 0.6) is 0 Å². The highest BCUT2D eigenvalue weighted by atomic mass is 16.1. The van der Waals surface area contributed by atoms with Crippen LogP contribution in [0.3, 0.4) is 0 Å². The van der Waals surface area contributed by atoms with Crippen LogP contribution in [0.4, 0.5) is 17.2 Å². The Morgan fingerprint density at radius 2 is 2.00 bits per heavy atom. The number of hydrogen-bond acceptors (Lipinski definition) is 8. The van der Waals surface area contributed by atoms with Crippen molar-refractivity contribution in [3.05, 3.63) is 78.6 Å². The molecule has 0 saturated carbocycles. The minimum Gasteiger partial charge on any atom is -0.382 e. The van der Waals surface area contributed by atoms with Gasteiger partial charge in [-0.2, -0.15) is 0 Å². The van der Waals surface area contributed by atoms with E-state index in [1.165, 1.54) is 23.3 Å². The molecule has 10 nitrogen and oxygen atoms in total. The zero-order valence-electron chi connectivity index (χ0n) is 15.2. The summed E-state index contributed by atoms with van der Waals surface area (Å²) in [6, 6.07) is 11.1. The third-order valence-electron chi connectivity index (χ3n) is 4.03. The van der Waals surface area contributed by atoms with Crippen LogP contribution in [0.1, 0.15) is 16.1 Å². The molecule has 0 fully saturated rings. The van der Waals surface area contributed by atoms with Crippen molar-refractivity contribution in [2.75, 3.05) is 16.4 Å². The van der Waals surface area contributed by atoms with Crippen molar-refractivity contribution in [3.8, 4) is 5.82 Å². The maximum atomic E-state index is 12.5. The fraction of sp³-hybridized carbons (Fsp3) is 0.0526. The summed E-state index contributed by atoms with van der Waals surface area (Å²) in [7, 11) is 0. The molecule has 3 heterocycles. The number of nitrogens with one attached hydrogen (secondary N) is 2. The van der Waals surface area contributed by atoms with Gasteiger partial charge in [-0.05, 0) is 29.8 Å². The summed E-state index contributed by atoms with van der Waals surface area (Å²) in [6.45, 7) is 0.534. The normalized spacial score (nSPS) is 10.5. The molecule has 1 amide bonds. The lowest BCUT2D eigenvalue weighted by Gasteiger charge is -2.10. The number of benzene rings is 1. The third kappa shape index (κ3) is 4.33. The van der Waals surface area contributed by atoms with Crippen LogP contribution >= 0.6 is 0 Å². The number of carbonyl (C=O) groups excluding carboxylic acids is 1. The van der Waals surface area contributed by atoms with E-state index in [2.05, 4.69) is 35.9 Å². The minimum atomic E-state index is -0.357. The van der Waals surface area contributed by atoms with Crippen LogP contribution in [-0.2, 0) is 6.54 Å². The van der Waals surface area contributed by atoms with Gasteiger partial charge in [-0.15, -0.1) is 5.10 Å². The van der Waals surface area contributed by atoms with E-state index in [4.69, 9.17) is 5.73 Å². The van der Waals surface area contributed by atoms with Crippen molar-refractivity contribution in [2.24, 2.45) is 0 Å². The molecule has 0 spiro atoms. The molecule has 10 heteroatoms. The molecule has 1 aromatic carbocycles. The van der Waals surface area contributed by atoms with Crippen molar-refractivity contribution in [1.29, 1.82) is 0 Å². The molecule has 0 radical (unpaired) electrons. The lowest BCUT2D eigenvalue weighted by molar-refractivity contribution is 0.102. The standard InChI is InChI=1S/C19H17N9O/c20-18-15(5-2-6-21-18)22-10-13-3-1-4-14(9-13)26-19(29)16-11-24-17(12-23-16)28-8-7-25-27-28/h1-9,11-12,22H,10H2,(H2,20,21)(H,26,29). The Morgan fingerprint density at radius 1 is 1.07 bits per heavy atom. The Hall–Kier alpha value is -4.34. The van der Waals surface area contributed by atoms with Gasteiger partial charge in [0.25, 0.3) is 5.91 Å². The zero-order valence-corrected chi connectivity index (χ0v) is 15.2. The molecule has 29 heavy (non-hydrogen) atoms. The summed E-state index contributed by atoms with van der Waals surface area (Å²) < 4.78 is 1.46. The predicted molar refractivity (Wildman–Crippen MR) is 107 cm³/mol. The molecule has 0 unspecified atom stereocenters. The van der Waals surface area contributed by atoms with Gasteiger partial charge in [-0.3, -0.25) is 4.79 Å². The fourth-order valence-electron chi connectivity index (χ4n) is 2.61. The Balaban J connectivity index is 1.41. The topological polar surface area (TPSA) is 137 Å². The summed E-state index contributed by atoms with van der Waals surface area (Å²) in [6.07, 6.45) is 7.67. The van der Waals surface area contributed by atoms with Crippen LogP contribution in [0.2, 0.25) is 0 Å². The van der Waals surface area contributed by atoms with E-state index in [-0.39, 0.29) is 11.6 Å². The predicted octanol–water partition coefficient (Wildman–Crippen LogP) is 1.90. The van der Waals surface area contributed by atoms with Crippen LogP contribution < -0.4 is 16.4 Å². The monoisotopic (exact) mass is 387 g/mol. The smallest absolute Gasteiger partial charge is 0.275 e. The number of nitrogens with zero attached hydrogens (tertiary/aromatic N) is 6. The summed E-state index contributed by atoms with van der Waals surface area (Å²) >= 11 is 0. The molecule has 144 valence electrons. The number of pyridine rings is 1. The van der Waals surface area contributed by atoms with Gasteiger partial charge in [0.05, 0.1) is 30.5 Å². The number of nitrogens with two attached hydrogens (primary N) is 1. The van der Waals surface area contributed by atoms with Gasteiger partial charge in [0, 0.05) is 18.4 Å². The van der Waals surface area contributed by atoms with Gasteiger partial charge < -0.3 is 16.4 Å². The number of rotatable bonds is 6. The van der Waals surface area contributed by atoms with Crippen LogP contribution in [0.25, 0.3) is 5.82 Å². The van der Waals surface area contributed by atoms with Crippen molar-refractivity contribution in [2.45, 2.75) is 6.54 Å². The van der Waals surface area contributed by atoms with E-state index in [1.54, 1.807) is 18.5 Å². The molecule has 4 N–H and O–H groups in total. The lowest BCUT2D eigenvalue weighted by Crippen LogP contribution is -2.15. The summed E-state index contributed by atoms with van der Waals surface area (Å²) in [5.41, 5.74) is 8.40. The van der Waals surface area contributed by atoms with E-state index < -0.39 is 0 Å². The minimum absolute atomic E-state index is 0.195. The van der Waals surface area contributed by atoms with E-state index >= 15 is 0 Å². The first-order valence-electron chi connectivity index (χ1n) is 8.72. The highest BCUT2D eigenvalue weighted by Gasteiger charge is 2.10. The second kappa shape index (κ2) is 8.13. The van der Waals surface area contributed by atoms with Crippen LogP contribution in [0.15, 0.2) is 67.4 Å². The first-order chi connectivity index (χ1) is 14.2. The van der Waals surface area contributed by atoms with Crippen molar-refractivity contribution < 1.29 is 4.79 Å². The fourth-order valence-corrected chi connectivity index (χ4v) is 2.61. The molecular formula is C19H17N9O. The highest BCUT2D eigenvalue weighted by molar-refractivity contribution is 6.02. The Morgan fingerprint density at radius 3 is 2.76 bits per heavy atom. The summed E-state index contributed by atoms with van der Waals surface area (Å²) in [5, 5.41) is 13.6. The average molecular weight is 387 g/mol. The number of carbonyl (C=O) groups is 1. The molecule has 0 saturated heterocycles. The van der Waals surface area contributed by atoms with E-state index in [9.17, 15) is 4.79 Å². The van der Waals surface area contributed by atoms with Crippen LogP contribution in [0, 0.1) is 0 Å². The number of anilines is 3. The number of nitrogen functional groups attached to an aromatic ring is 1. The second-order valence-electron chi connectivity index (χ2n) is 6.05. The zero-order chi connectivity index (χ0) is 20.1. The van der Waals surface area contributed by atoms with Gasteiger partial charge in [0.2, 0.25) is 0 Å². The van der Waals surface area contributed by atoms with Crippen molar-refractivity contribution in [1.82, 2.24) is 29.9 Å². The lowest BCUT2D eigenvalue weighted by atomic mass is 10.2. The van der Waals surface area contributed by atoms with Gasteiger partial charge in [-0.25, -0.2) is 19.6 Å². The molecule has 4 aromatic rings. The van der Waals surface area contributed by atoms with Gasteiger partial charge >= 0.3 is 0 Å². The van der Waals surface area contributed by atoms with Crippen molar-refractivity contribution in [3.63, 3.8) is 0 Å². The van der Waals surface area contributed by atoms with Gasteiger partial charge in [0.15, 0.2) is 5.82 Å². The van der Waals surface area contributed by atoms with Gasteiger partial charge in [-0.1, -0.05) is 17.3 Å². The Kier molecular flexibility index (Phi) is 5.06. The molecule has 0 atom stereocenters. The number of aromatic nitrogens is 6. The molecule has 0 aliphatic rings. The van der Waals surface area contributed by atoms with Crippen LogP contribution in [-0.4, -0.2) is 35.9 Å². The quantitative estimate of drug-likeness (QED) is 0.456. The van der Waals surface area contributed by atoms with E-state index in [0.29, 0.717) is 23.9 Å². The van der Waals surface area contributed by atoms with E-state index in [1.807, 2.05) is 30.3 Å². The summed E-state index contributed by atoms with van der Waals surface area (Å²) in [4.78, 5) is 24.8. The molecular weight excluding hydrogens is 370 g/mol. The van der Waals surface area contributed by atoms with Crippen molar-refractivity contribution >= 4 is 23.1 Å². The number of hydrogen-bond donors (Lipinski definition) is 3. The maximum Gasteiger partial charge on any atom is 0.275 e. The largest absolute Gasteiger partial charge is 0.382 e. The molecule has 3 aromatic heterocycles. The highest BCUT2D eigenvalue weighted by Crippen LogP contribution is 2.17. The average Bonchev–Trinajstić information content (AvgIpc) is 3.28. The second-order valence-corrected chi connectivity index (χ2v) is 6.05. The molecule has 0 bridgehead atoms. The first kappa shape index (κ1) is 18.0. The van der Waals surface area contributed by atoms with Gasteiger partial charge in [0.1, 0.15) is 11.5 Å². The third-order valence-corrected chi connectivity index (χ3v) is 4.03.